The number of hydrogen-bond acceptors (Lipinski definition) is 4. The minimum Gasteiger partial charge on any atom is -0.357 e. The first-order valence-corrected chi connectivity index (χ1v) is 12.5. The summed E-state index contributed by atoms with van der Waals surface area (Å²) in [6.45, 7) is 5.44. The molecule has 0 spiro atoms. The maximum absolute atomic E-state index is 13.7. The lowest BCUT2D eigenvalue weighted by molar-refractivity contribution is 0.322. The SMILES string of the molecule is CCNC(=NCc1cc(F)ccc1CS(C)(=O)=O)NCCCN(C)Cc1ccccc1.I. The van der Waals surface area contributed by atoms with Gasteiger partial charge in [0, 0.05) is 25.9 Å². The van der Waals surface area contributed by atoms with Crippen molar-refractivity contribution in [2.24, 2.45) is 4.99 Å². The van der Waals surface area contributed by atoms with Crippen molar-refractivity contribution in [1.29, 1.82) is 0 Å². The van der Waals surface area contributed by atoms with Gasteiger partial charge in [-0.1, -0.05) is 36.4 Å². The average molecular weight is 577 g/mol. The first-order valence-electron chi connectivity index (χ1n) is 10.5. The molecule has 32 heavy (non-hydrogen) atoms. The van der Waals surface area contributed by atoms with Crippen LogP contribution < -0.4 is 10.6 Å². The second-order valence-electron chi connectivity index (χ2n) is 7.68. The molecule has 6 nitrogen and oxygen atoms in total. The quantitative estimate of drug-likeness (QED) is 0.185. The molecule has 9 heteroatoms. The summed E-state index contributed by atoms with van der Waals surface area (Å²) in [5.74, 6) is 0.0974. The highest BCUT2D eigenvalue weighted by molar-refractivity contribution is 14.0. The van der Waals surface area contributed by atoms with Gasteiger partial charge in [-0.15, -0.1) is 24.0 Å². The van der Waals surface area contributed by atoms with E-state index in [1.807, 2.05) is 25.1 Å². The third-order valence-corrected chi connectivity index (χ3v) is 5.48. The Kier molecular flexibility index (Phi) is 12.8. The van der Waals surface area contributed by atoms with Gasteiger partial charge in [0.25, 0.3) is 0 Å². The fourth-order valence-corrected chi connectivity index (χ4v) is 4.05. The van der Waals surface area contributed by atoms with Gasteiger partial charge in [-0.3, -0.25) is 0 Å². The minimum absolute atomic E-state index is 0. The molecule has 2 rings (SSSR count). The Labute approximate surface area is 208 Å². The molecule has 2 aromatic rings. The maximum atomic E-state index is 13.7. The zero-order valence-corrected chi connectivity index (χ0v) is 22.1. The van der Waals surface area contributed by atoms with Crippen molar-refractivity contribution in [3.63, 3.8) is 0 Å². The Balaban J connectivity index is 0.00000512. The van der Waals surface area contributed by atoms with Crippen LogP contribution in [0.2, 0.25) is 0 Å². The Morgan fingerprint density at radius 2 is 1.81 bits per heavy atom. The van der Waals surface area contributed by atoms with Crippen LogP contribution in [-0.4, -0.2) is 52.2 Å². The smallest absolute Gasteiger partial charge is 0.191 e. The van der Waals surface area contributed by atoms with E-state index in [1.54, 1.807) is 0 Å². The molecule has 0 fully saturated rings. The molecule has 0 unspecified atom stereocenters. The van der Waals surface area contributed by atoms with Gasteiger partial charge < -0.3 is 15.5 Å². The second kappa shape index (κ2) is 14.4. The zero-order valence-electron chi connectivity index (χ0n) is 19.0. The first-order chi connectivity index (χ1) is 14.8. The minimum atomic E-state index is -3.22. The van der Waals surface area contributed by atoms with Crippen LogP contribution in [0.4, 0.5) is 4.39 Å². The fraction of sp³-hybridized carbons (Fsp3) is 0.435. The van der Waals surface area contributed by atoms with Crippen LogP contribution in [0.5, 0.6) is 0 Å². The van der Waals surface area contributed by atoms with Crippen molar-refractivity contribution >= 4 is 39.8 Å². The molecular weight excluding hydrogens is 542 g/mol. The van der Waals surface area contributed by atoms with E-state index in [-0.39, 0.29) is 36.3 Å². The molecule has 0 atom stereocenters. The van der Waals surface area contributed by atoms with Crippen LogP contribution in [0, 0.1) is 5.82 Å². The van der Waals surface area contributed by atoms with Crippen molar-refractivity contribution < 1.29 is 12.8 Å². The Hall–Kier alpha value is -1.72. The van der Waals surface area contributed by atoms with Gasteiger partial charge in [-0.2, -0.15) is 0 Å². The average Bonchev–Trinajstić information content (AvgIpc) is 2.71. The van der Waals surface area contributed by atoms with Crippen LogP contribution in [0.25, 0.3) is 0 Å². The number of halogens is 2. The third-order valence-electron chi connectivity index (χ3n) is 4.64. The molecule has 2 aromatic carbocycles. The van der Waals surface area contributed by atoms with Crippen molar-refractivity contribution in [1.82, 2.24) is 15.5 Å². The topological polar surface area (TPSA) is 73.8 Å². The van der Waals surface area contributed by atoms with E-state index in [0.717, 1.165) is 26.1 Å². The van der Waals surface area contributed by atoms with E-state index in [2.05, 4.69) is 39.7 Å². The Morgan fingerprint density at radius 3 is 2.47 bits per heavy atom. The van der Waals surface area contributed by atoms with E-state index in [4.69, 9.17) is 0 Å². The summed E-state index contributed by atoms with van der Waals surface area (Å²) in [7, 11) is -1.12. The van der Waals surface area contributed by atoms with Gasteiger partial charge >= 0.3 is 0 Å². The molecule has 0 radical (unpaired) electrons. The van der Waals surface area contributed by atoms with Gasteiger partial charge in [0.05, 0.1) is 12.3 Å². The monoisotopic (exact) mass is 576 g/mol. The van der Waals surface area contributed by atoms with Gasteiger partial charge in [0.15, 0.2) is 15.8 Å². The summed E-state index contributed by atoms with van der Waals surface area (Å²) in [5.41, 5.74) is 2.43. The molecule has 0 saturated heterocycles. The molecule has 0 bridgehead atoms. The summed E-state index contributed by atoms with van der Waals surface area (Å²) in [6, 6.07) is 14.5. The number of guanidine groups is 1. The van der Waals surface area contributed by atoms with Gasteiger partial charge in [0.1, 0.15) is 5.82 Å². The summed E-state index contributed by atoms with van der Waals surface area (Å²) >= 11 is 0. The van der Waals surface area contributed by atoms with Crippen LogP contribution in [-0.2, 0) is 28.7 Å². The third kappa shape index (κ3) is 11.2. The van der Waals surface area contributed by atoms with Gasteiger partial charge in [0.2, 0.25) is 0 Å². The molecule has 0 heterocycles. The standard InChI is InChI=1S/C23H33FN4O2S.HI/c1-4-25-23(26-13-8-14-28(2)17-19-9-6-5-7-10-19)27-16-21-15-22(24)12-11-20(21)18-31(3,29)30;/h5-7,9-12,15H,4,8,13-14,16-18H2,1-3H3,(H2,25,26,27);1H. The van der Waals surface area contributed by atoms with Crippen molar-refractivity contribution in [3.05, 3.63) is 71.0 Å². The molecule has 0 aliphatic carbocycles. The number of rotatable bonds is 11. The lowest BCUT2D eigenvalue weighted by Crippen LogP contribution is -2.38. The maximum Gasteiger partial charge on any atom is 0.191 e. The number of aliphatic imine (C=N–C) groups is 1. The second-order valence-corrected chi connectivity index (χ2v) is 9.82. The molecule has 178 valence electrons. The molecule has 0 aromatic heterocycles. The molecule has 0 amide bonds. The van der Waals surface area contributed by atoms with Crippen LogP contribution in [0.15, 0.2) is 53.5 Å². The van der Waals surface area contributed by atoms with Crippen molar-refractivity contribution in [2.45, 2.75) is 32.2 Å². The molecule has 0 aliphatic rings. The van der Waals surface area contributed by atoms with Crippen molar-refractivity contribution in [2.75, 3.05) is 32.9 Å². The Bertz CT molecular complexity index is 956. The predicted octanol–water partition coefficient (Wildman–Crippen LogP) is 3.57. The van der Waals surface area contributed by atoms with E-state index >= 15 is 0 Å². The van der Waals surface area contributed by atoms with E-state index in [9.17, 15) is 12.8 Å². The number of hydrogen-bond donors (Lipinski definition) is 2. The highest BCUT2D eigenvalue weighted by Gasteiger charge is 2.11. The van der Waals surface area contributed by atoms with E-state index < -0.39 is 15.7 Å². The first kappa shape index (κ1) is 28.3. The summed E-state index contributed by atoms with van der Waals surface area (Å²) < 4.78 is 37.0. The molecular formula is C23H34FIN4O2S. The number of nitrogens with one attached hydrogen (secondary N) is 2. The summed E-state index contributed by atoms with van der Waals surface area (Å²) in [6.07, 6.45) is 2.11. The lowest BCUT2D eigenvalue weighted by atomic mass is 10.1. The summed E-state index contributed by atoms with van der Waals surface area (Å²) in [5, 5.41) is 6.47. The summed E-state index contributed by atoms with van der Waals surface area (Å²) in [4.78, 5) is 6.79. The normalized spacial score (nSPS) is 11.8. The van der Waals surface area contributed by atoms with Crippen molar-refractivity contribution in [3.8, 4) is 0 Å². The number of sulfone groups is 1. The fourth-order valence-electron chi connectivity index (χ4n) is 3.20. The lowest BCUT2D eigenvalue weighted by Gasteiger charge is -2.17. The van der Waals surface area contributed by atoms with Crippen LogP contribution >= 0.6 is 24.0 Å². The van der Waals surface area contributed by atoms with Crippen LogP contribution in [0.1, 0.15) is 30.0 Å². The largest absolute Gasteiger partial charge is 0.357 e. The Morgan fingerprint density at radius 1 is 1.09 bits per heavy atom. The molecule has 0 saturated carbocycles. The zero-order chi connectivity index (χ0) is 22.7. The van der Waals surface area contributed by atoms with Gasteiger partial charge in [-0.25, -0.2) is 17.8 Å². The highest BCUT2D eigenvalue weighted by atomic mass is 127. The number of benzene rings is 2. The highest BCUT2D eigenvalue weighted by Crippen LogP contribution is 2.15. The van der Waals surface area contributed by atoms with Crippen LogP contribution in [0.3, 0.4) is 0 Å². The molecule has 0 aliphatic heterocycles. The predicted molar refractivity (Wildman–Crippen MR) is 141 cm³/mol. The number of nitrogens with zero attached hydrogens (tertiary/aromatic N) is 2. The van der Waals surface area contributed by atoms with Gasteiger partial charge in [-0.05, 0) is 55.8 Å². The van der Waals surface area contributed by atoms with E-state index in [0.29, 0.717) is 23.6 Å². The van der Waals surface area contributed by atoms with E-state index in [1.165, 1.54) is 30.0 Å². The molecule has 2 N–H and O–H groups in total.